The molecule has 2 aromatic rings. The van der Waals surface area contributed by atoms with Crippen molar-refractivity contribution in [2.75, 3.05) is 49.5 Å². The molecule has 0 unspecified atom stereocenters. The highest BCUT2D eigenvalue weighted by Gasteiger charge is 2.18. The van der Waals surface area contributed by atoms with Crippen LogP contribution in [0.5, 0.6) is 0 Å². The van der Waals surface area contributed by atoms with Gasteiger partial charge in [0.1, 0.15) is 17.7 Å². The van der Waals surface area contributed by atoms with Crippen molar-refractivity contribution in [1.29, 1.82) is 5.26 Å². The van der Waals surface area contributed by atoms with Gasteiger partial charge >= 0.3 is 0 Å². The Labute approximate surface area is 147 Å². The summed E-state index contributed by atoms with van der Waals surface area (Å²) in [5.74, 6) is 0.498. The second-order valence-electron chi connectivity index (χ2n) is 6.07. The zero-order valence-electron chi connectivity index (χ0n) is 14.2. The van der Waals surface area contributed by atoms with Crippen molar-refractivity contribution in [2.45, 2.75) is 6.42 Å². The number of pyridine rings is 1. The predicted molar refractivity (Wildman–Crippen MR) is 97.1 cm³/mol. The van der Waals surface area contributed by atoms with Crippen molar-refractivity contribution < 1.29 is 4.39 Å². The Morgan fingerprint density at radius 2 is 1.92 bits per heavy atom. The van der Waals surface area contributed by atoms with E-state index in [2.05, 4.69) is 26.2 Å². The van der Waals surface area contributed by atoms with Gasteiger partial charge in [0.2, 0.25) is 0 Å². The van der Waals surface area contributed by atoms with E-state index < -0.39 is 0 Å². The molecule has 5 nitrogen and oxygen atoms in total. The molecule has 3 rings (SSSR count). The highest BCUT2D eigenvalue weighted by Crippen LogP contribution is 2.20. The Hall–Kier alpha value is -2.65. The number of para-hydroxylation sites is 1. The summed E-state index contributed by atoms with van der Waals surface area (Å²) < 4.78 is 13.9. The Balaban J connectivity index is 1.40. The maximum Gasteiger partial charge on any atom is 0.146 e. The molecule has 25 heavy (non-hydrogen) atoms. The summed E-state index contributed by atoms with van der Waals surface area (Å²) in [5, 5.41) is 12.3. The summed E-state index contributed by atoms with van der Waals surface area (Å²) >= 11 is 0. The minimum absolute atomic E-state index is 0.149. The quantitative estimate of drug-likeness (QED) is 0.820. The van der Waals surface area contributed by atoms with Gasteiger partial charge in [-0.15, -0.1) is 0 Å². The van der Waals surface area contributed by atoms with Crippen LogP contribution in [0.2, 0.25) is 0 Å². The van der Waals surface area contributed by atoms with Crippen LogP contribution in [0.4, 0.5) is 15.9 Å². The molecule has 1 aromatic heterocycles. The monoisotopic (exact) mass is 339 g/mol. The first-order valence-electron chi connectivity index (χ1n) is 8.59. The average molecular weight is 339 g/mol. The van der Waals surface area contributed by atoms with E-state index in [1.54, 1.807) is 24.4 Å². The van der Waals surface area contributed by atoms with Crippen molar-refractivity contribution in [3.05, 3.63) is 54.0 Å². The molecule has 1 fully saturated rings. The van der Waals surface area contributed by atoms with E-state index in [9.17, 15) is 4.39 Å². The number of anilines is 2. The van der Waals surface area contributed by atoms with E-state index in [1.165, 1.54) is 6.07 Å². The first-order valence-corrected chi connectivity index (χ1v) is 8.59. The molecule has 2 heterocycles. The molecule has 1 aliphatic heterocycles. The largest absolute Gasteiger partial charge is 0.369 e. The number of nitriles is 1. The van der Waals surface area contributed by atoms with Crippen LogP contribution >= 0.6 is 0 Å². The van der Waals surface area contributed by atoms with Gasteiger partial charge in [-0.05, 0) is 37.2 Å². The third kappa shape index (κ3) is 4.46. The van der Waals surface area contributed by atoms with Crippen LogP contribution < -0.4 is 10.2 Å². The van der Waals surface area contributed by atoms with Crippen molar-refractivity contribution >= 4 is 11.5 Å². The normalized spacial score (nSPS) is 15.0. The van der Waals surface area contributed by atoms with Crippen LogP contribution in [0.15, 0.2) is 42.6 Å². The number of nitrogens with zero attached hydrogens (tertiary/aromatic N) is 4. The van der Waals surface area contributed by atoms with Gasteiger partial charge < -0.3 is 10.2 Å². The molecular formula is C19H22FN5. The molecule has 6 heteroatoms. The number of aromatic nitrogens is 1. The van der Waals surface area contributed by atoms with Gasteiger partial charge in [0.25, 0.3) is 0 Å². The molecular weight excluding hydrogens is 317 g/mol. The van der Waals surface area contributed by atoms with Crippen molar-refractivity contribution in [1.82, 2.24) is 9.88 Å². The second-order valence-corrected chi connectivity index (χ2v) is 6.07. The lowest BCUT2D eigenvalue weighted by Crippen LogP contribution is -2.47. The molecule has 0 saturated carbocycles. The summed E-state index contributed by atoms with van der Waals surface area (Å²) in [5.41, 5.74) is 1.27. The molecule has 0 amide bonds. The molecule has 1 N–H and O–H groups in total. The summed E-state index contributed by atoms with van der Waals surface area (Å²) in [6, 6.07) is 12.6. The Morgan fingerprint density at radius 3 is 2.68 bits per heavy atom. The lowest BCUT2D eigenvalue weighted by Gasteiger charge is -2.36. The summed E-state index contributed by atoms with van der Waals surface area (Å²) in [7, 11) is 0. The fraction of sp³-hybridized carbons (Fsp3) is 0.368. The number of hydrogen-bond acceptors (Lipinski definition) is 5. The first kappa shape index (κ1) is 17.2. The lowest BCUT2D eigenvalue weighted by molar-refractivity contribution is 0.256. The number of piperazine rings is 1. The Bertz CT molecular complexity index is 735. The third-order valence-electron chi connectivity index (χ3n) is 4.44. The van der Waals surface area contributed by atoms with Crippen LogP contribution in [-0.2, 0) is 0 Å². The number of halogens is 1. The molecule has 130 valence electrons. The van der Waals surface area contributed by atoms with E-state index in [-0.39, 0.29) is 5.82 Å². The molecule has 1 aliphatic rings. The van der Waals surface area contributed by atoms with Crippen molar-refractivity contribution in [3.63, 3.8) is 0 Å². The molecule has 0 bridgehead atoms. The minimum Gasteiger partial charge on any atom is -0.369 e. The van der Waals surface area contributed by atoms with Crippen LogP contribution in [-0.4, -0.2) is 49.2 Å². The SMILES string of the molecule is N#Cc1cccnc1NCCCN1CCN(c2ccccc2F)CC1. The average Bonchev–Trinajstić information content (AvgIpc) is 2.66. The third-order valence-corrected chi connectivity index (χ3v) is 4.44. The van der Waals surface area contributed by atoms with Gasteiger partial charge in [0.15, 0.2) is 0 Å². The van der Waals surface area contributed by atoms with E-state index in [1.807, 2.05) is 12.1 Å². The molecule has 0 radical (unpaired) electrons. The number of nitrogens with one attached hydrogen (secondary N) is 1. The zero-order chi connectivity index (χ0) is 17.5. The predicted octanol–water partition coefficient (Wildman–Crippen LogP) is 2.72. The van der Waals surface area contributed by atoms with E-state index >= 15 is 0 Å². The van der Waals surface area contributed by atoms with Gasteiger partial charge in [0.05, 0.1) is 11.3 Å². The van der Waals surface area contributed by atoms with Crippen molar-refractivity contribution in [3.8, 4) is 6.07 Å². The fourth-order valence-corrected chi connectivity index (χ4v) is 3.07. The van der Waals surface area contributed by atoms with Gasteiger partial charge in [0, 0.05) is 38.9 Å². The molecule has 0 aliphatic carbocycles. The number of benzene rings is 1. The maximum atomic E-state index is 13.9. The topological polar surface area (TPSA) is 55.2 Å². The molecule has 1 aromatic carbocycles. The highest BCUT2D eigenvalue weighted by molar-refractivity contribution is 5.51. The van der Waals surface area contributed by atoms with Crippen LogP contribution in [0, 0.1) is 17.1 Å². The van der Waals surface area contributed by atoms with Crippen molar-refractivity contribution in [2.24, 2.45) is 0 Å². The van der Waals surface area contributed by atoms with Gasteiger partial charge in [-0.2, -0.15) is 5.26 Å². The summed E-state index contributed by atoms with van der Waals surface area (Å²) in [6.07, 6.45) is 2.66. The van der Waals surface area contributed by atoms with Crippen LogP contribution in [0.3, 0.4) is 0 Å². The summed E-state index contributed by atoms with van der Waals surface area (Å²) in [4.78, 5) is 8.70. The smallest absolute Gasteiger partial charge is 0.146 e. The van der Waals surface area contributed by atoms with E-state index in [4.69, 9.17) is 5.26 Å². The van der Waals surface area contributed by atoms with Crippen LogP contribution in [0.1, 0.15) is 12.0 Å². The van der Waals surface area contributed by atoms with Gasteiger partial charge in [-0.1, -0.05) is 12.1 Å². The van der Waals surface area contributed by atoms with E-state index in [0.29, 0.717) is 17.1 Å². The number of rotatable bonds is 6. The highest BCUT2D eigenvalue weighted by atomic mass is 19.1. The van der Waals surface area contributed by atoms with Crippen LogP contribution in [0.25, 0.3) is 0 Å². The summed E-state index contributed by atoms with van der Waals surface area (Å²) in [6.45, 7) is 5.30. The zero-order valence-corrected chi connectivity index (χ0v) is 14.2. The molecule has 0 spiro atoms. The van der Waals surface area contributed by atoms with Gasteiger partial charge in [-0.3, -0.25) is 4.90 Å². The number of hydrogen-bond donors (Lipinski definition) is 1. The standard InChI is InChI=1S/C19H22FN5/c20-17-6-1-2-7-18(17)25-13-11-24(12-14-25)10-4-9-23-19-16(15-21)5-3-8-22-19/h1-3,5-8H,4,9-14H2,(H,22,23). The maximum absolute atomic E-state index is 13.9. The van der Waals surface area contributed by atoms with E-state index in [0.717, 1.165) is 45.7 Å². The molecule has 0 atom stereocenters. The first-order chi connectivity index (χ1) is 12.3. The lowest BCUT2D eigenvalue weighted by atomic mass is 10.2. The Kier molecular flexibility index (Phi) is 5.81. The Morgan fingerprint density at radius 1 is 1.12 bits per heavy atom. The van der Waals surface area contributed by atoms with Gasteiger partial charge in [-0.25, -0.2) is 9.37 Å². The molecule has 1 saturated heterocycles. The second kappa shape index (κ2) is 8.45. The minimum atomic E-state index is -0.149. The fourth-order valence-electron chi connectivity index (χ4n) is 3.07.